The number of benzene rings is 1. The summed E-state index contributed by atoms with van der Waals surface area (Å²) in [7, 11) is 0. The third-order valence-corrected chi connectivity index (χ3v) is 3.22. The maximum atomic E-state index is 12.8. The lowest BCUT2D eigenvalue weighted by Crippen LogP contribution is -2.25. The van der Waals surface area contributed by atoms with E-state index in [0.717, 1.165) is 11.8 Å². The SMILES string of the molecule is N=C1NC(=O)/C(=C/c2ccc3c(c2)OC(F)(F)O3)S1. The van der Waals surface area contributed by atoms with Crippen LogP contribution in [0.5, 0.6) is 11.5 Å². The molecule has 1 aromatic carbocycles. The molecule has 0 unspecified atom stereocenters. The molecule has 0 bridgehead atoms. The number of carbonyl (C=O) groups is 1. The highest BCUT2D eigenvalue weighted by Crippen LogP contribution is 2.41. The summed E-state index contributed by atoms with van der Waals surface area (Å²) in [5, 5.41) is 9.64. The maximum Gasteiger partial charge on any atom is 0.586 e. The van der Waals surface area contributed by atoms with Crippen molar-refractivity contribution in [1.29, 1.82) is 5.41 Å². The van der Waals surface area contributed by atoms with Crippen molar-refractivity contribution in [2.75, 3.05) is 0 Å². The Labute approximate surface area is 110 Å². The van der Waals surface area contributed by atoms with Gasteiger partial charge in [0, 0.05) is 0 Å². The zero-order valence-corrected chi connectivity index (χ0v) is 10.0. The number of carbonyl (C=O) groups excluding carboxylic acids is 1. The quantitative estimate of drug-likeness (QED) is 0.775. The lowest BCUT2D eigenvalue weighted by molar-refractivity contribution is -0.286. The van der Waals surface area contributed by atoms with Crippen LogP contribution in [0.1, 0.15) is 5.56 Å². The molecule has 2 N–H and O–H groups in total. The summed E-state index contributed by atoms with van der Waals surface area (Å²) in [6, 6.07) is 4.21. The molecule has 0 radical (unpaired) electrons. The van der Waals surface area contributed by atoms with Gasteiger partial charge in [-0.15, -0.1) is 8.78 Å². The molecule has 3 rings (SSSR count). The van der Waals surface area contributed by atoms with E-state index in [1.165, 1.54) is 24.3 Å². The normalized spacial score (nSPS) is 21.9. The number of amidine groups is 1. The number of thioether (sulfide) groups is 1. The fourth-order valence-corrected chi connectivity index (χ4v) is 2.35. The van der Waals surface area contributed by atoms with E-state index in [4.69, 9.17) is 5.41 Å². The second-order valence-corrected chi connectivity index (χ2v) is 4.82. The number of ether oxygens (including phenoxy) is 2. The molecule has 0 aromatic heterocycles. The maximum absolute atomic E-state index is 12.8. The van der Waals surface area contributed by atoms with Crippen LogP contribution in [0.25, 0.3) is 6.08 Å². The highest BCUT2D eigenvalue weighted by Gasteiger charge is 2.43. The molecular formula is C11H6F2N2O3S. The van der Waals surface area contributed by atoms with Gasteiger partial charge in [-0.2, -0.15) is 0 Å². The molecule has 98 valence electrons. The molecule has 19 heavy (non-hydrogen) atoms. The van der Waals surface area contributed by atoms with Gasteiger partial charge in [-0.05, 0) is 35.5 Å². The van der Waals surface area contributed by atoms with Crippen molar-refractivity contribution in [1.82, 2.24) is 5.32 Å². The fraction of sp³-hybridized carbons (Fsp3) is 0.0909. The minimum absolute atomic E-state index is 0.0310. The summed E-state index contributed by atoms with van der Waals surface area (Å²) in [6.45, 7) is 0. The van der Waals surface area contributed by atoms with Gasteiger partial charge in [0.15, 0.2) is 16.7 Å². The third kappa shape index (κ3) is 2.26. The van der Waals surface area contributed by atoms with Crippen LogP contribution in [0.4, 0.5) is 8.78 Å². The van der Waals surface area contributed by atoms with Gasteiger partial charge in [-0.25, -0.2) is 0 Å². The standard InChI is InChI=1S/C11H6F2N2O3S/c12-11(13)17-6-2-1-5(3-7(6)18-11)4-8-9(16)15-10(14)19-8/h1-4H,(H2,14,15,16)/b8-4-. The van der Waals surface area contributed by atoms with Crippen molar-refractivity contribution in [3.63, 3.8) is 0 Å². The zero-order chi connectivity index (χ0) is 13.6. The number of rotatable bonds is 1. The highest BCUT2D eigenvalue weighted by atomic mass is 32.2. The van der Waals surface area contributed by atoms with E-state index in [1.807, 2.05) is 0 Å². The second-order valence-electron chi connectivity index (χ2n) is 3.77. The van der Waals surface area contributed by atoms with Gasteiger partial charge >= 0.3 is 6.29 Å². The number of fused-ring (bicyclic) bond motifs is 1. The number of nitrogens with one attached hydrogen (secondary N) is 2. The minimum Gasteiger partial charge on any atom is -0.395 e. The number of halogens is 2. The number of alkyl halides is 2. The Morgan fingerprint density at radius 3 is 2.74 bits per heavy atom. The first kappa shape index (κ1) is 12.0. The summed E-state index contributed by atoms with van der Waals surface area (Å²) in [5.74, 6) is -0.528. The molecule has 0 atom stereocenters. The first-order valence-corrected chi connectivity index (χ1v) is 5.94. The molecule has 0 aliphatic carbocycles. The van der Waals surface area contributed by atoms with E-state index in [2.05, 4.69) is 14.8 Å². The number of hydrogen-bond donors (Lipinski definition) is 2. The molecule has 2 aliphatic rings. The van der Waals surface area contributed by atoms with Crippen LogP contribution >= 0.6 is 11.8 Å². The topological polar surface area (TPSA) is 71.4 Å². The van der Waals surface area contributed by atoms with Crippen molar-refractivity contribution < 1.29 is 23.0 Å². The lowest BCUT2D eigenvalue weighted by atomic mass is 10.2. The van der Waals surface area contributed by atoms with Crippen LogP contribution in [-0.2, 0) is 4.79 Å². The van der Waals surface area contributed by atoms with E-state index in [0.29, 0.717) is 10.5 Å². The molecule has 0 saturated carbocycles. The highest BCUT2D eigenvalue weighted by molar-refractivity contribution is 8.18. The Bertz CT molecular complexity index is 630. The molecule has 1 aromatic rings. The fourth-order valence-electron chi connectivity index (χ4n) is 1.65. The van der Waals surface area contributed by atoms with E-state index in [1.54, 1.807) is 0 Å². The Balaban J connectivity index is 1.91. The number of hydrogen-bond acceptors (Lipinski definition) is 5. The van der Waals surface area contributed by atoms with Crippen LogP contribution in [0.3, 0.4) is 0 Å². The molecule has 8 heteroatoms. The molecular weight excluding hydrogens is 278 g/mol. The van der Waals surface area contributed by atoms with E-state index in [9.17, 15) is 13.6 Å². The summed E-state index contributed by atoms with van der Waals surface area (Å²) >= 11 is 0.965. The van der Waals surface area contributed by atoms with Gasteiger partial charge in [0.05, 0.1) is 4.91 Å². The van der Waals surface area contributed by atoms with Gasteiger partial charge < -0.3 is 14.8 Å². The third-order valence-electron chi connectivity index (χ3n) is 2.39. The van der Waals surface area contributed by atoms with Crippen LogP contribution in [0, 0.1) is 5.41 Å². The Morgan fingerprint density at radius 2 is 2.05 bits per heavy atom. The molecule has 2 aliphatic heterocycles. The van der Waals surface area contributed by atoms with Gasteiger partial charge in [-0.1, -0.05) is 6.07 Å². The van der Waals surface area contributed by atoms with E-state index in [-0.39, 0.29) is 16.7 Å². The van der Waals surface area contributed by atoms with Gasteiger partial charge in [-0.3, -0.25) is 10.2 Å². The van der Waals surface area contributed by atoms with E-state index < -0.39 is 12.2 Å². The Morgan fingerprint density at radius 1 is 1.32 bits per heavy atom. The predicted octanol–water partition coefficient (Wildman–Crippen LogP) is 2.15. The minimum atomic E-state index is -3.66. The van der Waals surface area contributed by atoms with Crippen LogP contribution in [0.15, 0.2) is 23.1 Å². The average molecular weight is 284 g/mol. The lowest BCUT2D eigenvalue weighted by Gasteiger charge is -2.04. The van der Waals surface area contributed by atoms with Crippen molar-refractivity contribution in [3.05, 3.63) is 28.7 Å². The molecule has 0 spiro atoms. The average Bonchev–Trinajstić information content (AvgIpc) is 2.76. The van der Waals surface area contributed by atoms with Crippen molar-refractivity contribution >= 4 is 28.9 Å². The predicted molar refractivity (Wildman–Crippen MR) is 64.1 cm³/mol. The zero-order valence-electron chi connectivity index (χ0n) is 9.20. The molecule has 1 fully saturated rings. The molecule has 5 nitrogen and oxygen atoms in total. The van der Waals surface area contributed by atoms with Crippen LogP contribution < -0.4 is 14.8 Å². The summed E-state index contributed by atoms with van der Waals surface area (Å²) in [5.41, 5.74) is 0.507. The number of amides is 1. The largest absolute Gasteiger partial charge is 0.586 e. The molecule has 1 saturated heterocycles. The van der Waals surface area contributed by atoms with Gasteiger partial charge in [0.1, 0.15) is 0 Å². The Kier molecular flexibility index (Phi) is 2.49. The van der Waals surface area contributed by atoms with Crippen LogP contribution in [0.2, 0.25) is 0 Å². The van der Waals surface area contributed by atoms with E-state index >= 15 is 0 Å². The summed E-state index contributed by atoms with van der Waals surface area (Å²) in [4.78, 5) is 11.7. The van der Waals surface area contributed by atoms with Gasteiger partial charge in [0.2, 0.25) is 0 Å². The summed E-state index contributed by atoms with van der Waals surface area (Å²) in [6.07, 6.45) is -2.17. The van der Waals surface area contributed by atoms with Gasteiger partial charge in [0.25, 0.3) is 5.91 Å². The van der Waals surface area contributed by atoms with Crippen molar-refractivity contribution in [2.45, 2.75) is 6.29 Å². The monoisotopic (exact) mass is 284 g/mol. The smallest absolute Gasteiger partial charge is 0.395 e. The first-order chi connectivity index (χ1) is 8.93. The molecule has 2 heterocycles. The Hall–Kier alpha value is -2.09. The first-order valence-electron chi connectivity index (χ1n) is 5.12. The molecule has 1 amide bonds. The van der Waals surface area contributed by atoms with Crippen LogP contribution in [-0.4, -0.2) is 17.4 Å². The second kappa shape index (κ2) is 3.95. The van der Waals surface area contributed by atoms with Crippen molar-refractivity contribution in [3.8, 4) is 11.5 Å². The van der Waals surface area contributed by atoms with Crippen molar-refractivity contribution in [2.24, 2.45) is 0 Å². The summed E-state index contributed by atoms with van der Waals surface area (Å²) < 4.78 is 34.2.